The van der Waals surface area contributed by atoms with E-state index in [1.165, 1.54) is 5.56 Å². The first kappa shape index (κ1) is 72.1. The molecule has 0 spiro atoms. The number of anilines is 1. The second-order valence-corrected chi connectivity index (χ2v) is 20.1. The second-order valence-electron chi connectivity index (χ2n) is 20.1. The second kappa shape index (κ2) is 45.9. The van der Waals surface area contributed by atoms with Crippen LogP contribution in [0.15, 0.2) is 72.5 Å². The Kier molecular flexibility index (Phi) is 39.4. The summed E-state index contributed by atoms with van der Waals surface area (Å²) in [5.74, 6) is 4.00. The molecule has 2 aliphatic rings. The molecule has 2 aromatic rings. The van der Waals surface area contributed by atoms with Crippen LogP contribution < -0.4 is 14.4 Å². The molecule has 0 unspecified atom stereocenters. The minimum Gasteiger partial charge on any atom is -0.491 e. The van der Waals surface area contributed by atoms with E-state index in [0.717, 1.165) is 39.8 Å². The molecule has 0 amide bonds. The molecule has 0 bridgehead atoms. The van der Waals surface area contributed by atoms with E-state index in [2.05, 4.69) is 97.7 Å². The Morgan fingerprint density at radius 2 is 0.869 bits per heavy atom. The van der Waals surface area contributed by atoms with Crippen molar-refractivity contribution in [1.82, 2.24) is 0 Å². The molecule has 0 N–H and O–H groups in total. The highest BCUT2D eigenvalue weighted by atomic mass is 16.6. The molecule has 84 heavy (non-hydrogen) atoms. The third-order valence-electron chi connectivity index (χ3n) is 13.3. The van der Waals surface area contributed by atoms with Gasteiger partial charge in [-0.1, -0.05) is 38.0 Å². The fourth-order valence-electron chi connectivity index (χ4n) is 9.04. The highest BCUT2D eigenvalue weighted by Crippen LogP contribution is 2.49. The fraction of sp³-hybridized carbons (Fsp3) is 0.672. The topological polar surface area (TPSA) is 172 Å². The van der Waals surface area contributed by atoms with E-state index in [1.54, 1.807) is 14.2 Å². The van der Waals surface area contributed by atoms with E-state index in [9.17, 15) is 0 Å². The monoisotopic (exact) mass is 1190 g/mol. The van der Waals surface area contributed by atoms with E-state index in [4.69, 9.17) is 91.7 Å². The number of hydrogen-bond donors (Lipinski definition) is 0. The first-order chi connectivity index (χ1) is 41.2. The van der Waals surface area contributed by atoms with Gasteiger partial charge in [-0.15, -0.1) is 6.42 Å². The van der Waals surface area contributed by atoms with Gasteiger partial charge in [0.05, 0.1) is 184 Å². The fourth-order valence-corrected chi connectivity index (χ4v) is 9.04. The van der Waals surface area contributed by atoms with Crippen molar-refractivity contribution in [3.63, 3.8) is 0 Å². The Morgan fingerprint density at radius 3 is 1.35 bits per heavy atom. The highest BCUT2D eigenvalue weighted by Gasteiger charge is 2.45. The molecule has 20 nitrogen and oxygen atoms in total. The van der Waals surface area contributed by atoms with Crippen molar-refractivity contribution < 1.29 is 89.8 Å². The number of ether oxygens (including phenoxy) is 18. The van der Waals surface area contributed by atoms with Crippen molar-refractivity contribution in [1.29, 1.82) is 0 Å². The number of methoxy groups -OCH3 is 2. The first-order valence-corrected chi connectivity index (χ1v) is 29.7. The molecule has 2 aliphatic heterocycles. The van der Waals surface area contributed by atoms with Gasteiger partial charge in [0.25, 0.3) is 0 Å². The normalized spacial score (nSPS) is 14.9. The van der Waals surface area contributed by atoms with Gasteiger partial charge in [0.2, 0.25) is 5.69 Å². The first-order valence-electron chi connectivity index (χ1n) is 29.7. The maximum absolute atomic E-state index is 6.23. The van der Waals surface area contributed by atoms with Crippen LogP contribution in [0.1, 0.15) is 45.7 Å². The number of nitrogens with zero attached hydrogens (tertiary/aromatic N) is 2. The Hall–Kier alpha value is -4.35. The number of terminal acetylenes is 1. The molecule has 0 saturated carbocycles. The molecule has 20 heteroatoms. The molecule has 0 radical (unpaired) electrons. The molecule has 4 rings (SSSR count). The molecular formula is C64H101N2O18+. The summed E-state index contributed by atoms with van der Waals surface area (Å²) in [7, 11) is 3.31. The molecule has 0 aliphatic carbocycles. The van der Waals surface area contributed by atoms with Crippen LogP contribution in [-0.2, 0) is 86.6 Å². The lowest BCUT2D eigenvalue weighted by Gasteiger charge is -2.27. The lowest BCUT2D eigenvalue weighted by molar-refractivity contribution is -0.442. The summed E-state index contributed by atoms with van der Waals surface area (Å²) in [5, 5.41) is 0. The summed E-state index contributed by atoms with van der Waals surface area (Å²) < 4.78 is 104. The van der Waals surface area contributed by atoms with Crippen molar-refractivity contribution >= 4 is 17.1 Å². The molecule has 2 heterocycles. The lowest BCUT2D eigenvalue weighted by Crippen LogP contribution is -2.29. The van der Waals surface area contributed by atoms with Gasteiger partial charge in [-0.3, -0.25) is 0 Å². The van der Waals surface area contributed by atoms with Crippen molar-refractivity contribution in [2.24, 2.45) is 0 Å². The maximum Gasteiger partial charge on any atom is 0.210 e. The van der Waals surface area contributed by atoms with Gasteiger partial charge in [0.1, 0.15) is 37.9 Å². The molecule has 0 aromatic heterocycles. The van der Waals surface area contributed by atoms with Gasteiger partial charge in [0, 0.05) is 61.9 Å². The summed E-state index contributed by atoms with van der Waals surface area (Å²) in [5.41, 5.74) is 6.13. The van der Waals surface area contributed by atoms with Gasteiger partial charge in [-0.2, -0.15) is 4.58 Å². The lowest BCUT2D eigenvalue weighted by atomic mass is 9.81. The summed E-state index contributed by atoms with van der Waals surface area (Å²) in [4.78, 5) is 2.35. The van der Waals surface area contributed by atoms with Gasteiger partial charge in [-0.25, -0.2) is 0 Å². The Bertz CT molecular complexity index is 2200. The van der Waals surface area contributed by atoms with E-state index in [0.29, 0.717) is 218 Å². The summed E-state index contributed by atoms with van der Waals surface area (Å²) in [6.07, 6.45) is 15.9. The highest BCUT2D eigenvalue weighted by molar-refractivity contribution is 6.03. The van der Waals surface area contributed by atoms with Crippen LogP contribution in [0, 0.1) is 12.3 Å². The average molecular weight is 1190 g/mol. The van der Waals surface area contributed by atoms with Crippen LogP contribution in [-0.4, -0.2) is 249 Å². The van der Waals surface area contributed by atoms with E-state index >= 15 is 0 Å². The van der Waals surface area contributed by atoms with Crippen molar-refractivity contribution in [2.45, 2.75) is 45.4 Å². The minimum absolute atomic E-state index is 0.285. The zero-order valence-corrected chi connectivity index (χ0v) is 51.7. The summed E-state index contributed by atoms with van der Waals surface area (Å²) >= 11 is 0. The third kappa shape index (κ3) is 28.4. The summed E-state index contributed by atoms with van der Waals surface area (Å²) in [6, 6.07) is 12.6. The molecule has 0 atom stereocenters. The molecule has 0 saturated heterocycles. The Morgan fingerprint density at radius 1 is 0.452 bits per heavy atom. The van der Waals surface area contributed by atoms with Crippen molar-refractivity contribution in [3.8, 4) is 23.8 Å². The predicted octanol–water partition coefficient (Wildman–Crippen LogP) is 6.79. The van der Waals surface area contributed by atoms with E-state index in [1.807, 2.05) is 19.1 Å². The quantitative estimate of drug-likeness (QED) is 0.0293. The predicted molar refractivity (Wildman–Crippen MR) is 323 cm³/mol. The zero-order valence-electron chi connectivity index (χ0n) is 51.7. The van der Waals surface area contributed by atoms with Crippen molar-refractivity contribution in [2.75, 3.05) is 244 Å². The average Bonchev–Trinajstić information content (AvgIpc) is 1.90. The number of allylic oxidation sites excluding steroid dienone is 6. The molecule has 2 aromatic carbocycles. The van der Waals surface area contributed by atoms with Crippen LogP contribution in [0.4, 0.5) is 11.4 Å². The number of hydrogen-bond acceptors (Lipinski definition) is 19. The third-order valence-corrected chi connectivity index (χ3v) is 13.3. The number of benzene rings is 2. The van der Waals surface area contributed by atoms with E-state index in [-0.39, 0.29) is 17.4 Å². The number of rotatable bonds is 55. The van der Waals surface area contributed by atoms with Crippen LogP contribution in [0.3, 0.4) is 0 Å². The van der Waals surface area contributed by atoms with Crippen LogP contribution in [0.2, 0.25) is 0 Å². The molecule has 474 valence electrons. The van der Waals surface area contributed by atoms with Gasteiger partial charge < -0.3 is 90.2 Å². The van der Waals surface area contributed by atoms with Gasteiger partial charge in [0.15, 0.2) is 12.3 Å². The van der Waals surface area contributed by atoms with Crippen LogP contribution in [0.25, 0.3) is 0 Å². The zero-order chi connectivity index (χ0) is 60.0. The largest absolute Gasteiger partial charge is 0.491 e. The smallest absolute Gasteiger partial charge is 0.210 e. The number of fused-ring (bicyclic) bond motifs is 2. The maximum atomic E-state index is 6.23. The van der Waals surface area contributed by atoms with Crippen LogP contribution >= 0.6 is 0 Å². The standard InChI is InChI=1S/C64H101N2O18/c1-9-22-70-31-34-76-43-44-80-46-48-82-50-52-84-56-17-19-60-58(54-56)64(5,6)62(66(60)21-24-72-33-36-78-42-41-75-30-29-69-10-2)15-13-11-12-14-61-63(3,4)57-53-55(83-51-49-81-47-45-79-40-38-74-28-26-68-8)16-18-59(57)65(61)20-23-71-32-35-77-39-37-73-27-25-67-7/h1,11-19,53-54H,10,20-52H2,2-8H3/q+1. The SMILES string of the molecule is C#CCOCCOCCOCCOCCOc1ccc2c(c1)C(C)(C)\C(=C/C=C\C=C/C1=[N+](CCOCCOCCOCCOC)c3ccc(OCCOCCOCCOCCOC)cc3C1(C)C)N2CCOCCOCCOCCOCC. The minimum atomic E-state index is -0.357. The van der Waals surface area contributed by atoms with Gasteiger partial charge >= 0.3 is 0 Å². The Balaban J connectivity index is 1.41. The molecular weight excluding hydrogens is 1080 g/mol. The van der Waals surface area contributed by atoms with Crippen LogP contribution in [0.5, 0.6) is 11.5 Å². The van der Waals surface area contributed by atoms with Gasteiger partial charge in [-0.05, 0) is 62.7 Å². The summed E-state index contributed by atoms with van der Waals surface area (Å²) in [6.45, 7) is 28.0. The molecule has 0 fully saturated rings. The Labute approximate surface area is 501 Å². The van der Waals surface area contributed by atoms with Crippen molar-refractivity contribution in [3.05, 3.63) is 83.6 Å². The van der Waals surface area contributed by atoms with E-state index < -0.39 is 0 Å².